The highest BCUT2D eigenvalue weighted by Gasteiger charge is 2.44. The van der Waals surface area contributed by atoms with Crippen molar-refractivity contribution in [1.29, 1.82) is 0 Å². The quantitative estimate of drug-likeness (QED) is 0.368. The van der Waals surface area contributed by atoms with Crippen LogP contribution in [-0.4, -0.2) is 70.6 Å². The van der Waals surface area contributed by atoms with E-state index in [1.165, 1.54) is 18.2 Å². The molecule has 11 heteroatoms. The van der Waals surface area contributed by atoms with Crippen LogP contribution in [0.25, 0.3) is 0 Å². The second-order valence-corrected chi connectivity index (χ2v) is 11.6. The summed E-state index contributed by atoms with van der Waals surface area (Å²) < 4.78 is 45.5. The van der Waals surface area contributed by atoms with Crippen LogP contribution in [0.4, 0.5) is 14.9 Å². The molecule has 0 radical (unpaired) electrons. The molecule has 38 heavy (non-hydrogen) atoms. The topological polar surface area (TPSA) is 123 Å². The lowest BCUT2D eigenvalue weighted by molar-refractivity contribution is -0.0907. The molecule has 4 rings (SSSR count). The van der Waals surface area contributed by atoms with E-state index in [1.54, 1.807) is 4.31 Å². The first-order valence-electron chi connectivity index (χ1n) is 12.9. The average molecular weight is 550 g/mol. The molecule has 2 saturated heterocycles. The van der Waals surface area contributed by atoms with Crippen LogP contribution in [0, 0.1) is 17.7 Å². The number of benzene rings is 2. The number of aliphatic hydroxyl groups is 1. The number of nitrogens with two attached hydrogens (primary N) is 1. The highest BCUT2D eigenvalue weighted by Crippen LogP contribution is 2.33. The predicted octanol–water partition coefficient (Wildman–Crippen LogP) is 2.85. The van der Waals surface area contributed by atoms with Gasteiger partial charge in [-0.05, 0) is 42.5 Å². The average Bonchev–Trinajstić information content (AvgIpc) is 3.50. The van der Waals surface area contributed by atoms with Crippen molar-refractivity contribution in [3.63, 3.8) is 0 Å². The Balaban J connectivity index is 1.48. The number of fused-ring (bicyclic) bond motifs is 1. The Hall–Kier alpha value is -2.57. The fourth-order valence-electron chi connectivity index (χ4n) is 4.75. The van der Waals surface area contributed by atoms with E-state index in [9.17, 15) is 18.5 Å². The van der Waals surface area contributed by atoms with Gasteiger partial charge in [0, 0.05) is 13.1 Å². The lowest BCUT2D eigenvalue weighted by Crippen LogP contribution is -2.51. The molecule has 6 atom stereocenters. The zero-order valence-electron chi connectivity index (χ0n) is 21.6. The van der Waals surface area contributed by atoms with Crippen molar-refractivity contribution in [2.45, 2.75) is 56.1 Å². The molecule has 0 saturated carbocycles. The number of hydrogen-bond acceptors (Lipinski definition) is 7. The highest BCUT2D eigenvalue weighted by molar-refractivity contribution is 7.82. The van der Waals surface area contributed by atoms with Crippen molar-refractivity contribution in [2.75, 3.05) is 32.0 Å². The summed E-state index contributed by atoms with van der Waals surface area (Å²) in [5, 5.41) is 14.2. The first-order chi connectivity index (χ1) is 18.2. The molecule has 9 nitrogen and oxygen atoms in total. The molecule has 1 unspecified atom stereocenters. The number of nitrogens with one attached hydrogen (secondary N) is 1. The van der Waals surface area contributed by atoms with Gasteiger partial charge in [-0.2, -0.15) is 0 Å². The van der Waals surface area contributed by atoms with Gasteiger partial charge in [-0.25, -0.2) is 17.7 Å². The van der Waals surface area contributed by atoms with E-state index >= 15 is 0 Å². The van der Waals surface area contributed by atoms with E-state index in [4.69, 9.17) is 19.9 Å². The molecule has 2 aliphatic rings. The Kier molecular flexibility index (Phi) is 9.72. The number of hydrogen-bond donors (Lipinski definition) is 3. The lowest BCUT2D eigenvalue weighted by atomic mass is 10.0. The summed E-state index contributed by atoms with van der Waals surface area (Å²) in [5.74, 6) is -0.473. The first kappa shape index (κ1) is 28.4. The maximum Gasteiger partial charge on any atom is 0.407 e. The van der Waals surface area contributed by atoms with E-state index in [0.717, 1.165) is 12.0 Å². The van der Waals surface area contributed by atoms with Gasteiger partial charge >= 0.3 is 6.09 Å². The van der Waals surface area contributed by atoms with Crippen LogP contribution in [0.2, 0.25) is 0 Å². The van der Waals surface area contributed by atoms with Crippen molar-refractivity contribution < 1.29 is 32.7 Å². The SMILES string of the molecule is CC(C)CN(C[C@@H](O)[C@H](Cc1ccccc1)NC(=O)O[C@H]1CO[C@H]2OCC[C@H]21)S(=O)c1ccc(F)c(N)c1. The molecule has 0 bridgehead atoms. The number of rotatable bonds is 11. The van der Waals surface area contributed by atoms with Crippen LogP contribution in [0.3, 0.4) is 0 Å². The van der Waals surface area contributed by atoms with Crippen molar-refractivity contribution >= 4 is 22.8 Å². The van der Waals surface area contributed by atoms with E-state index in [2.05, 4.69) is 5.32 Å². The third kappa shape index (κ3) is 7.29. The van der Waals surface area contributed by atoms with E-state index in [1.807, 2.05) is 44.2 Å². The zero-order chi connectivity index (χ0) is 27.2. The fourth-order valence-corrected chi connectivity index (χ4v) is 6.19. The molecule has 2 aliphatic heterocycles. The van der Waals surface area contributed by atoms with Crippen LogP contribution in [0.1, 0.15) is 25.8 Å². The molecule has 2 fully saturated rings. The number of halogens is 1. The number of anilines is 1. The van der Waals surface area contributed by atoms with Gasteiger partial charge in [0.1, 0.15) is 22.9 Å². The van der Waals surface area contributed by atoms with Gasteiger partial charge in [0.15, 0.2) is 6.29 Å². The smallest absolute Gasteiger partial charge is 0.407 e. The molecular weight excluding hydrogens is 513 g/mol. The van der Waals surface area contributed by atoms with Crippen molar-refractivity contribution in [2.24, 2.45) is 11.8 Å². The monoisotopic (exact) mass is 549 g/mol. The number of nitrogens with zero attached hydrogens (tertiary/aromatic N) is 1. The standard InChI is InChI=1S/C27H36FN3O6S/c1-17(2)14-31(38(34)19-8-9-21(28)22(29)13-19)15-24(32)23(12-18-6-4-3-5-7-18)30-27(33)37-25-16-36-26-20(25)10-11-35-26/h3-9,13,17,20,23-26,32H,10-12,14-16,29H2,1-2H3,(H,30,33)/t20-,23-,24+,25-,26+,38?/m0/s1. The third-order valence-electron chi connectivity index (χ3n) is 6.67. The third-order valence-corrected chi connectivity index (χ3v) is 8.10. The Morgan fingerprint density at radius 3 is 2.71 bits per heavy atom. The Bertz CT molecular complexity index is 1110. The number of nitrogen functional groups attached to an aromatic ring is 1. The number of aliphatic hydroxyl groups excluding tert-OH is 1. The van der Waals surface area contributed by atoms with Crippen LogP contribution >= 0.6 is 0 Å². The van der Waals surface area contributed by atoms with Gasteiger partial charge < -0.3 is 30.4 Å². The summed E-state index contributed by atoms with van der Waals surface area (Å²) in [5.41, 5.74) is 6.51. The van der Waals surface area contributed by atoms with Gasteiger partial charge in [-0.1, -0.05) is 44.2 Å². The number of alkyl carbamates (subject to hydrolysis) is 1. The first-order valence-corrected chi connectivity index (χ1v) is 14.0. The normalized spacial score (nSPS) is 23.3. The number of ether oxygens (including phenoxy) is 3. The molecule has 4 N–H and O–H groups in total. The maximum absolute atomic E-state index is 13.7. The summed E-state index contributed by atoms with van der Waals surface area (Å²) in [7, 11) is -1.71. The van der Waals surface area contributed by atoms with Crippen molar-refractivity contribution in [1.82, 2.24) is 9.62 Å². The summed E-state index contributed by atoms with van der Waals surface area (Å²) >= 11 is 0. The summed E-state index contributed by atoms with van der Waals surface area (Å²) in [6.45, 7) is 5.15. The molecule has 0 aromatic heterocycles. The minimum Gasteiger partial charge on any atom is -0.443 e. The molecular formula is C27H36FN3O6S. The molecule has 208 valence electrons. The summed E-state index contributed by atoms with van der Waals surface area (Å²) in [6.07, 6.45) is -1.44. The minimum atomic E-state index is -1.71. The fraction of sp³-hybridized carbons (Fsp3) is 0.519. The number of carbonyl (C=O) groups excluding carboxylic acids is 1. The lowest BCUT2D eigenvalue weighted by Gasteiger charge is -2.30. The number of amides is 1. The summed E-state index contributed by atoms with van der Waals surface area (Å²) in [4.78, 5) is 13.2. The minimum absolute atomic E-state index is 0.00894. The molecule has 2 aromatic rings. The predicted molar refractivity (Wildman–Crippen MR) is 141 cm³/mol. The van der Waals surface area contributed by atoms with Gasteiger partial charge in [0.05, 0.1) is 41.9 Å². The Morgan fingerprint density at radius 2 is 2.00 bits per heavy atom. The van der Waals surface area contributed by atoms with Crippen LogP contribution in [0.5, 0.6) is 0 Å². The van der Waals surface area contributed by atoms with Gasteiger partial charge in [0.25, 0.3) is 0 Å². The van der Waals surface area contributed by atoms with E-state index < -0.39 is 41.1 Å². The molecule has 1 amide bonds. The van der Waals surface area contributed by atoms with Gasteiger partial charge in [-0.15, -0.1) is 0 Å². The Morgan fingerprint density at radius 1 is 1.24 bits per heavy atom. The van der Waals surface area contributed by atoms with Gasteiger partial charge in [0.2, 0.25) is 0 Å². The Labute approximate surface area is 225 Å². The van der Waals surface area contributed by atoms with Crippen LogP contribution in [-0.2, 0) is 31.6 Å². The zero-order valence-corrected chi connectivity index (χ0v) is 22.4. The second-order valence-electron chi connectivity index (χ2n) is 10.1. The van der Waals surface area contributed by atoms with Gasteiger partial charge in [-0.3, -0.25) is 0 Å². The van der Waals surface area contributed by atoms with Crippen LogP contribution in [0.15, 0.2) is 53.4 Å². The maximum atomic E-state index is 13.7. The highest BCUT2D eigenvalue weighted by atomic mass is 32.2. The summed E-state index contributed by atoms with van der Waals surface area (Å²) in [6, 6.07) is 12.7. The molecule has 0 spiro atoms. The van der Waals surface area contributed by atoms with E-state index in [0.29, 0.717) is 24.5 Å². The largest absolute Gasteiger partial charge is 0.443 e. The van der Waals surface area contributed by atoms with Crippen LogP contribution < -0.4 is 11.1 Å². The van der Waals surface area contributed by atoms with E-state index in [-0.39, 0.29) is 37.0 Å². The molecule has 2 aromatic carbocycles. The van der Waals surface area contributed by atoms with Crippen molar-refractivity contribution in [3.8, 4) is 0 Å². The van der Waals surface area contributed by atoms with Crippen molar-refractivity contribution in [3.05, 3.63) is 59.9 Å². The molecule has 2 heterocycles. The number of carbonyl (C=O) groups is 1. The second kappa shape index (κ2) is 13.0. The molecule has 0 aliphatic carbocycles.